The van der Waals surface area contributed by atoms with Crippen LogP contribution in [0.2, 0.25) is 5.02 Å². The minimum Gasteiger partial charge on any atom is -0.478 e. The highest BCUT2D eigenvalue weighted by Crippen LogP contribution is 2.31. The number of rotatable bonds is 5. The van der Waals surface area contributed by atoms with Gasteiger partial charge in [0.25, 0.3) is 5.91 Å². The SMILES string of the molecule is N=C1C(=Cc2ccc(-c3ccc(C(=O)O)cc3)o2)C(=O)N=C2SC(Cc3ccc(Cl)cc3)=NN12. The van der Waals surface area contributed by atoms with Gasteiger partial charge < -0.3 is 9.52 Å². The van der Waals surface area contributed by atoms with E-state index in [1.807, 2.05) is 12.1 Å². The fourth-order valence-corrected chi connectivity index (χ4v) is 4.43. The van der Waals surface area contributed by atoms with Gasteiger partial charge in [-0.15, -0.1) is 0 Å². The second-order valence-corrected chi connectivity index (χ2v) is 8.88. The standard InChI is InChI=1S/C24H15ClN4O4S/c25-16-7-1-13(2-8-16)11-20-28-29-21(26)18(22(30)27-24(29)34-20)12-17-9-10-19(33-17)14-3-5-15(6-4-14)23(31)32/h1-10,12,26H,11H2,(H,31,32). The molecule has 2 aromatic carbocycles. The average molecular weight is 491 g/mol. The normalized spacial score (nSPS) is 16.5. The van der Waals surface area contributed by atoms with Gasteiger partial charge in [0.2, 0.25) is 5.17 Å². The van der Waals surface area contributed by atoms with Crippen molar-refractivity contribution in [3.05, 3.63) is 88.1 Å². The van der Waals surface area contributed by atoms with E-state index in [0.717, 1.165) is 5.56 Å². The number of hydrazone groups is 1. The Kier molecular flexibility index (Phi) is 5.64. The predicted molar refractivity (Wildman–Crippen MR) is 131 cm³/mol. The van der Waals surface area contributed by atoms with Crippen molar-refractivity contribution in [3.8, 4) is 11.3 Å². The number of benzene rings is 2. The summed E-state index contributed by atoms with van der Waals surface area (Å²) in [5.74, 6) is -0.776. The molecule has 10 heteroatoms. The molecule has 1 aromatic heterocycles. The maximum absolute atomic E-state index is 12.6. The number of amides is 1. The van der Waals surface area contributed by atoms with Gasteiger partial charge in [0.05, 0.1) is 11.1 Å². The lowest BCUT2D eigenvalue weighted by Crippen LogP contribution is -2.35. The third-order valence-electron chi connectivity index (χ3n) is 5.09. The fraction of sp³-hybridized carbons (Fsp3) is 0.0417. The van der Waals surface area contributed by atoms with Crippen molar-refractivity contribution >= 4 is 57.4 Å². The number of furan rings is 1. The van der Waals surface area contributed by atoms with Crippen LogP contribution in [0.4, 0.5) is 0 Å². The molecule has 0 unspecified atom stereocenters. The van der Waals surface area contributed by atoms with Gasteiger partial charge in [0.15, 0.2) is 5.84 Å². The number of carboxylic acids is 1. The topological polar surface area (TPSA) is 119 Å². The van der Waals surface area contributed by atoms with Crippen LogP contribution in [0, 0.1) is 5.41 Å². The van der Waals surface area contributed by atoms with E-state index in [1.54, 1.807) is 36.4 Å². The van der Waals surface area contributed by atoms with Crippen molar-refractivity contribution in [2.24, 2.45) is 10.1 Å². The second-order valence-electron chi connectivity index (χ2n) is 7.40. The summed E-state index contributed by atoms with van der Waals surface area (Å²) in [6, 6.07) is 17.0. The van der Waals surface area contributed by atoms with Gasteiger partial charge in [-0.25, -0.2) is 4.79 Å². The van der Waals surface area contributed by atoms with E-state index < -0.39 is 11.9 Å². The maximum atomic E-state index is 12.6. The Morgan fingerprint density at radius 3 is 2.56 bits per heavy atom. The highest BCUT2D eigenvalue weighted by Gasteiger charge is 2.35. The molecule has 0 spiro atoms. The number of aromatic carboxylic acids is 1. The number of nitrogens with one attached hydrogen (secondary N) is 1. The summed E-state index contributed by atoms with van der Waals surface area (Å²) in [5.41, 5.74) is 1.92. The molecule has 34 heavy (non-hydrogen) atoms. The summed E-state index contributed by atoms with van der Waals surface area (Å²) in [5, 5.41) is 25.0. The van der Waals surface area contributed by atoms with Crippen molar-refractivity contribution < 1.29 is 19.1 Å². The molecular weight excluding hydrogens is 476 g/mol. The van der Waals surface area contributed by atoms with E-state index in [4.69, 9.17) is 26.5 Å². The van der Waals surface area contributed by atoms with Crippen LogP contribution in [0.15, 0.2) is 80.7 Å². The van der Waals surface area contributed by atoms with E-state index >= 15 is 0 Å². The van der Waals surface area contributed by atoms with Crippen molar-refractivity contribution in [1.29, 1.82) is 5.41 Å². The van der Waals surface area contributed by atoms with Crippen LogP contribution in [-0.4, -0.2) is 38.0 Å². The molecule has 0 radical (unpaired) electrons. The lowest BCUT2D eigenvalue weighted by Gasteiger charge is -2.19. The van der Waals surface area contributed by atoms with E-state index in [-0.39, 0.29) is 17.0 Å². The highest BCUT2D eigenvalue weighted by molar-refractivity contribution is 8.26. The van der Waals surface area contributed by atoms with Gasteiger partial charge in [-0.2, -0.15) is 15.1 Å². The summed E-state index contributed by atoms with van der Waals surface area (Å²) in [6.45, 7) is 0. The maximum Gasteiger partial charge on any atom is 0.335 e. The molecule has 168 valence electrons. The summed E-state index contributed by atoms with van der Waals surface area (Å²) in [4.78, 5) is 27.8. The minimum atomic E-state index is -1.01. The van der Waals surface area contributed by atoms with Gasteiger partial charge in [-0.3, -0.25) is 10.2 Å². The molecule has 3 heterocycles. The van der Waals surface area contributed by atoms with Crippen LogP contribution in [0.5, 0.6) is 0 Å². The molecule has 5 rings (SSSR count). The van der Waals surface area contributed by atoms with Gasteiger partial charge in [0.1, 0.15) is 16.6 Å². The van der Waals surface area contributed by atoms with Crippen molar-refractivity contribution in [2.75, 3.05) is 0 Å². The van der Waals surface area contributed by atoms with Crippen LogP contribution in [0.1, 0.15) is 21.7 Å². The van der Waals surface area contributed by atoms with Gasteiger partial charge in [-0.1, -0.05) is 35.9 Å². The number of fused-ring (bicyclic) bond motifs is 1. The first-order valence-electron chi connectivity index (χ1n) is 10.0. The summed E-state index contributed by atoms with van der Waals surface area (Å²) >= 11 is 7.19. The molecule has 1 amide bonds. The number of carbonyl (C=O) groups excluding carboxylic acids is 1. The number of aliphatic imine (C=N–C) groups is 1. The number of hydrogen-bond acceptors (Lipinski definition) is 6. The molecule has 0 saturated carbocycles. The lowest BCUT2D eigenvalue weighted by molar-refractivity contribution is -0.114. The Hall–Kier alpha value is -3.95. The largest absolute Gasteiger partial charge is 0.478 e. The van der Waals surface area contributed by atoms with E-state index in [1.165, 1.54) is 35.0 Å². The summed E-state index contributed by atoms with van der Waals surface area (Å²) in [7, 11) is 0. The van der Waals surface area contributed by atoms with Crippen LogP contribution in [0.25, 0.3) is 17.4 Å². The van der Waals surface area contributed by atoms with Crippen LogP contribution < -0.4 is 0 Å². The number of halogens is 1. The number of carbonyl (C=O) groups is 2. The van der Waals surface area contributed by atoms with Gasteiger partial charge >= 0.3 is 5.97 Å². The molecule has 3 aromatic rings. The van der Waals surface area contributed by atoms with E-state index in [2.05, 4.69) is 10.1 Å². The molecular formula is C24H15ClN4O4S. The zero-order chi connectivity index (χ0) is 23.8. The molecule has 0 saturated heterocycles. The first kappa shape index (κ1) is 21.9. The monoisotopic (exact) mass is 490 g/mol. The Labute approximate surface area is 202 Å². The highest BCUT2D eigenvalue weighted by atomic mass is 35.5. The Morgan fingerprint density at radius 2 is 1.85 bits per heavy atom. The van der Waals surface area contributed by atoms with Crippen LogP contribution >= 0.6 is 23.4 Å². The molecule has 2 aliphatic rings. The molecule has 0 aliphatic carbocycles. The first-order valence-corrected chi connectivity index (χ1v) is 11.2. The summed E-state index contributed by atoms with van der Waals surface area (Å²) in [6.07, 6.45) is 1.98. The third-order valence-corrected chi connectivity index (χ3v) is 6.26. The number of amidine groups is 2. The minimum absolute atomic E-state index is 0.0583. The number of hydrogen-bond donors (Lipinski definition) is 2. The number of thioether (sulfide) groups is 1. The Balaban J connectivity index is 1.36. The molecule has 2 N–H and O–H groups in total. The zero-order valence-corrected chi connectivity index (χ0v) is 18.9. The lowest BCUT2D eigenvalue weighted by atomic mass is 10.1. The van der Waals surface area contributed by atoms with Crippen LogP contribution in [0.3, 0.4) is 0 Å². The molecule has 0 bridgehead atoms. The van der Waals surface area contributed by atoms with Crippen molar-refractivity contribution in [2.45, 2.75) is 6.42 Å². The van der Waals surface area contributed by atoms with Crippen molar-refractivity contribution in [3.63, 3.8) is 0 Å². The molecule has 8 nitrogen and oxygen atoms in total. The zero-order valence-electron chi connectivity index (χ0n) is 17.4. The van der Waals surface area contributed by atoms with E-state index in [0.29, 0.717) is 38.7 Å². The van der Waals surface area contributed by atoms with Crippen LogP contribution in [-0.2, 0) is 11.2 Å². The fourth-order valence-electron chi connectivity index (χ4n) is 3.38. The molecule has 0 atom stereocenters. The summed E-state index contributed by atoms with van der Waals surface area (Å²) < 4.78 is 5.80. The third kappa shape index (κ3) is 4.30. The Bertz CT molecular complexity index is 1420. The van der Waals surface area contributed by atoms with Gasteiger partial charge in [-0.05, 0) is 59.8 Å². The Morgan fingerprint density at radius 1 is 1.12 bits per heavy atom. The van der Waals surface area contributed by atoms with E-state index in [9.17, 15) is 9.59 Å². The molecule has 2 aliphatic heterocycles. The quantitative estimate of drug-likeness (QED) is 0.477. The first-order chi connectivity index (χ1) is 16.4. The number of carboxylic acid groups (broad SMARTS) is 1. The predicted octanol–water partition coefficient (Wildman–Crippen LogP) is 5.16. The van der Waals surface area contributed by atoms with Gasteiger partial charge in [0, 0.05) is 17.0 Å². The molecule has 0 fully saturated rings. The number of nitrogens with zero attached hydrogens (tertiary/aromatic N) is 3. The smallest absolute Gasteiger partial charge is 0.335 e. The second kappa shape index (κ2) is 8.77. The average Bonchev–Trinajstić information content (AvgIpc) is 3.45. The van der Waals surface area contributed by atoms with Crippen molar-refractivity contribution in [1.82, 2.24) is 5.01 Å².